The van der Waals surface area contributed by atoms with Crippen LogP contribution in [0.25, 0.3) is 0 Å². The smallest absolute Gasteiger partial charge is 0.273 e. The molecule has 0 atom stereocenters. The van der Waals surface area contributed by atoms with Gasteiger partial charge in [0, 0.05) is 29.9 Å². The molecule has 0 aliphatic heterocycles. The van der Waals surface area contributed by atoms with E-state index in [0.29, 0.717) is 18.8 Å². The van der Waals surface area contributed by atoms with Crippen molar-refractivity contribution >= 4 is 45.6 Å². The second kappa shape index (κ2) is 9.25. The van der Waals surface area contributed by atoms with Crippen LogP contribution >= 0.6 is 39.7 Å². The zero-order valence-electron chi connectivity index (χ0n) is 12.3. The van der Waals surface area contributed by atoms with E-state index in [9.17, 15) is 4.79 Å². The molecule has 7 heteroatoms. The SMILES string of the molecule is CN(CCc1ccc(Br)cc1)C(=O)c1csc(CCN)n1.Cl. The van der Waals surface area contributed by atoms with Crippen molar-refractivity contribution in [2.75, 3.05) is 20.1 Å². The maximum Gasteiger partial charge on any atom is 0.273 e. The minimum Gasteiger partial charge on any atom is -0.340 e. The Morgan fingerprint density at radius 1 is 1.32 bits per heavy atom. The number of aromatic nitrogens is 1. The number of halogens is 2. The molecule has 0 aliphatic carbocycles. The van der Waals surface area contributed by atoms with Crippen molar-refractivity contribution in [2.45, 2.75) is 12.8 Å². The third-order valence-corrected chi connectivity index (χ3v) is 4.56. The van der Waals surface area contributed by atoms with E-state index in [1.807, 2.05) is 24.6 Å². The number of hydrogen-bond acceptors (Lipinski definition) is 4. The lowest BCUT2D eigenvalue weighted by atomic mass is 10.1. The van der Waals surface area contributed by atoms with Crippen LogP contribution in [0.2, 0.25) is 0 Å². The second-order valence-electron chi connectivity index (χ2n) is 4.77. The van der Waals surface area contributed by atoms with E-state index in [4.69, 9.17) is 5.73 Å². The molecule has 0 spiro atoms. The molecular formula is C15H19BrClN3OS. The van der Waals surface area contributed by atoms with Crippen LogP contribution in [-0.2, 0) is 12.8 Å². The van der Waals surface area contributed by atoms with Crippen LogP contribution in [0, 0.1) is 0 Å². The van der Waals surface area contributed by atoms with Gasteiger partial charge < -0.3 is 10.6 Å². The van der Waals surface area contributed by atoms with Gasteiger partial charge in [-0.1, -0.05) is 28.1 Å². The zero-order valence-corrected chi connectivity index (χ0v) is 15.5. The van der Waals surface area contributed by atoms with Crippen LogP contribution in [0.15, 0.2) is 34.1 Å². The van der Waals surface area contributed by atoms with Gasteiger partial charge in [-0.15, -0.1) is 23.7 Å². The number of nitrogens with two attached hydrogens (primary N) is 1. The van der Waals surface area contributed by atoms with Gasteiger partial charge in [0.1, 0.15) is 5.69 Å². The summed E-state index contributed by atoms with van der Waals surface area (Å²) in [7, 11) is 1.81. The summed E-state index contributed by atoms with van der Waals surface area (Å²) in [6, 6.07) is 8.14. The summed E-state index contributed by atoms with van der Waals surface area (Å²) in [6.07, 6.45) is 1.55. The summed E-state index contributed by atoms with van der Waals surface area (Å²) >= 11 is 4.91. The van der Waals surface area contributed by atoms with Gasteiger partial charge in [0.05, 0.1) is 5.01 Å². The number of benzene rings is 1. The number of thiazole rings is 1. The van der Waals surface area contributed by atoms with E-state index in [-0.39, 0.29) is 18.3 Å². The number of likely N-dealkylation sites (N-methyl/N-ethyl adjacent to an activating group) is 1. The third kappa shape index (κ3) is 5.35. The highest BCUT2D eigenvalue weighted by molar-refractivity contribution is 9.10. The van der Waals surface area contributed by atoms with Gasteiger partial charge in [-0.3, -0.25) is 4.79 Å². The highest BCUT2D eigenvalue weighted by atomic mass is 79.9. The summed E-state index contributed by atoms with van der Waals surface area (Å²) in [5, 5.41) is 2.73. The zero-order chi connectivity index (χ0) is 15.2. The first kappa shape index (κ1) is 19.1. The largest absolute Gasteiger partial charge is 0.340 e. The van der Waals surface area contributed by atoms with E-state index in [2.05, 4.69) is 33.0 Å². The molecule has 22 heavy (non-hydrogen) atoms. The van der Waals surface area contributed by atoms with Crippen molar-refractivity contribution in [1.29, 1.82) is 0 Å². The molecule has 0 aliphatic rings. The van der Waals surface area contributed by atoms with Crippen molar-refractivity contribution in [1.82, 2.24) is 9.88 Å². The predicted molar refractivity (Wildman–Crippen MR) is 96.9 cm³/mol. The average Bonchev–Trinajstić information content (AvgIpc) is 2.94. The molecule has 0 unspecified atom stereocenters. The first-order chi connectivity index (χ1) is 10.1. The minimum atomic E-state index is -0.0355. The molecular weight excluding hydrogens is 386 g/mol. The number of amides is 1. The Morgan fingerprint density at radius 3 is 2.64 bits per heavy atom. The average molecular weight is 405 g/mol. The molecule has 0 saturated heterocycles. The molecule has 4 nitrogen and oxygen atoms in total. The lowest BCUT2D eigenvalue weighted by Crippen LogP contribution is -2.29. The number of carbonyl (C=O) groups is 1. The van der Waals surface area contributed by atoms with Gasteiger partial charge >= 0.3 is 0 Å². The lowest BCUT2D eigenvalue weighted by molar-refractivity contribution is 0.0791. The van der Waals surface area contributed by atoms with Crippen LogP contribution in [0.1, 0.15) is 21.1 Å². The van der Waals surface area contributed by atoms with Crippen LogP contribution in [0.4, 0.5) is 0 Å². The normalized spacial score (nSPS) is 10.1. The van der Waals surface area contributed by atoms with Crippen molar-refractivity contribution in [3.8, 4) is 0 Å². The highest BCUT2D eigenvalue weighted by Crippen LogP contribution is 2.13. The van der Waals surface area contributed by atoms with Crippen LogP contribution < -0.4 is 5.73 Å². The summed E-state index contributed by atoms with van der Waals surface area (Å²) in [5.74, 6) is -0.0355. The van der Waals surface area contributed by atoms with Gasteiger partial charge in [-0.05, 0) is 30.7 Å². The second-order valence-corrected chi connectivity index (χ2v) is 6.63. The van der Waals surface area contributed by atoms with E-state index in [1.54, 1.807) is 4.90 Å². The molecule has 1 aromatic heterocycles. The predicted octanol–water partition coefficient (Wildman–Crippen LogP) is 3.14. The van der Waals surface area contributed by atoms with Crippen LogP contribution in [0.3, 0.4) is 0 Å². The molecule has 0 saturated carbocycles. The first-order valence-corrected chi connectivity index (χ1v) is 8.42. The molecule has 2 rings (SSSR count). The number of rotatable bonds is 6. The van der Waals surface area contributed by atoms with Crippen LogP contribution in [-0.4, -0.2) is 35.9 Å². The number of carbonyl (C=O) groups excluding carboxylic acids is 1. The van der Waals surface area contributed by atoms with E-state index < -0.39 is 0 Å². The van der Waals surface area contributed by atoms with Crippen molar-refractivity contribution < 1.29 is 4.79 Å². The lowest BCUT2D eigenvalue weighted by Gasteiger charge is -2.15. The molecule has 120 valence electrons. The Balaban J connectivity index is 0.00000242. The monoisotopic (exact) mass is 403 g/mol. The Morgan fingerprint density at radius 2 is 2.00 bits per heavy atom. The molecule has 0 bridgehead atoms. The summed E-state index contributed by atoms with van der Waals surface area (Å²) in [6.45, 7) is 1.23. The minimum absolute atomic E-state index is 0. The third-order valence-electron chi connectivity index (χ3n) is 3.12. The fraction of sp³-hybridized carbons (Fsp3) is 0.333. The molecule has 1 aromatic carbocycles. The molecule has 1 heterocycles. The quantitative estimate of drug-likeness (QED) is 0.804. The van der Waals surface area contributed by atoms with Crippen molar-refractivity contribution in [3.63, 3.8) is 0 Å². The topological polar surface area (TPSA) is 59.2 Å². The summed E-state index contributed by atoms with van der Waals surface area (Å²) in [5.41, 5.74) is 7.22. The summed E-state index contributed by atoms with van der Waals surface area (Å²) < 4.78 is 1.06. The fourth-order valence-corrected chi connectivity index (χ4v) is 2.94. The molecule has 2 N–H and O–H groups in total. The standard InChI is InChI=1S/C15H18BrN3OS.ClH/c1-19(9-7-11-2-4-12(16)5-3-11)15(20)13-10-21-14(18-13)6-8-17;/h2-5,10H,6-9,17H2,1H3;1H. The van der Waals surface area contributed by atoms with Crippen molar-refractivity contribution in [3.05, 3.63) is 50.4 Å². The highest BCUT2D eigenvalue weighted by Gasteiger charge is 2.15. The fourth-order valence-electron chi connectivity index (χ4n) is 1.89. The maximum absolute atomic E-state index is 12.3. The number of hydrogen-bond donors (Lipinski definition) is 1. The number of nitrogens with zero attached hydrogens (tertiary/aromatic N) is 2. The first-order valence-electron chi connectivity index (χ1n) is 6.74. The van der Waals surface area contributed by atoms with Gasteiger partial charge in [0.2, 0.25) is 0 Å². The molecule has 2 aromatic rings. The maximum atomic E-state index is 12.3. The van der Waals surface area contributed by atoms with Crippen molar-refractivity contribution in [2.24, 2.45) is 5.73 Å². The van der Waals surface area contributed by atoms with Gasteiger partial charge in [-0.25, -0.2) is 4.98 Å². The van der Waals surface area contributed by atoms with Gasteiger partial charge in [0.25, 0.3) is 5.91 Å². The van der Waals surface area contributed by atoms with Crippen LogP contribution in [0.5, 0.6) is 0 Å². The van der Waals surface area contributed by atoms with E-state index in [0.717, 1.165) is 22.3 Å². The Bertz CT molecular complexity index is 603. The van der Waals surface area contributed by atoms with Gasteiger partial charge in [-0.2, -0.15) is 0 Å². The van der Waals surface area contributed by atoms with Gasteiger partial charge in [0.15, 0.2) is 0 Å². The Labute approximate surface area is 149 Å². The molecule has 0 radical (unpaired) electrons. The Kier molecular flexibility index (Phi) is 8.03. The Hall–Kier alpha value is -0.950. The molecule has 1 amide bonds. The van der Waals surface area contributed by atoms with E-state index in [1.165, 1.54) is 16.9 Å². The van der Waals surface area contributed by atoms with E-state index >= 15 is 0 Å². The molecule has 0 fully saturated rings. The summed E-state index contributed by atoms with van der Waals surface area (Å²) in [4.78, 5) is 18.3.